The molecule has 0 aromatic heterocycles. The second-order valence-corrected chi connectivity index (χ2v) is 9.87. The number of guanidine groups is 1. The van der Waals surface area contributed by atoms with Gasteiger partial charge in [0.25, 0.3) is 0 Å². The lowest BCUT2D eigenvalue weighted by molar-refractivity contribution is 0.0839. The van der Waals surface area contributed by atoms with Crippen LogP contribution in [0.15, 0.2) is 51.7 Å². The van der Waals surface area contributed by atoms with E-state index in [1.807, 2.05) is 0 Å². The molecule has 1 saturated carbocycles. The lowest BCUT2D eigenvalue weighted by Crippen LogP contribution is -2.54. The average Bonchev–Trinajstić information content (AvgIpc) is 3.38. The average molecular weight is 421 g/mol. The molecule has 7 heteroatoms. The summed E-state index contributed by atoms with van der Waals surface area (Å²) < 4.78 is 5.93. The minimum atomic E-state index is -0.0329. The van der Waals surface area contributed by atoms with Gasteiger partial charge < -0.3 is 21.1 Å². The molecule has 2 atom stereocenters. The second-order valence-electron chi connectivity index (χ2n) is 9.87. The predicted octanol–water partition coefficient (Wildman–Crippen LogP) is 1.80. The van der Waals surface area contributed by atoms with Crippen LogP contribution in [-0.4, -0.2) is 66.5 Å². The van der Waals surface area contributed by atoms with Crippen LogP contribution in [-0.2, 0) is 10.2 Å². The topological polar surface area (TPSA) is 92.5 Å². The first-order valence-electron chi connectivity index (χ1n) is 11.6. The van der Waals surface area contributed by atoms with Gasteiger partial charge in [0, 0.05) is 42.1 Å². The van der Waals surface area contributed by atoms with Gasteiger partial charge >= 0.3 is 0 Å². The number of aliphatic imine (C=N–C) groups is 2. The van der Waals surface area contributed by atoms with Crippen LogP contribution in [0.25, 0.3) is 0 Å². The third kappa shape index (κ3) is 2.79. The molecule has 164 valence electrons. The van der Waals surface area contributed by atoms with Gasteiger partial charge in [-0.05, 0) is 38.2 Å². The van der Waals surface area contributed by atoms with Crippen LogP contribution >= 0.6 is 0 Å². The highest BCUT2D eigenvalue weighted by Gasteiger charge is 2.54. The van der Waals surface area contributed by atoms with E-state index in [2.05, 4.69) is 52.0 Å². The minimum Gasteiger partial charge on any atom is -0.385 e. The highest BCUT2D eigenvalue weighted by molar-refractivity contribution is 6.11. The summed E-state index contributed by atoms with van der Waals surface area (Å²) in [6.45, 7) is 6.30. The summed E-state index contributed by atoms with van der Waals surface area (Å²) in [6, 6.07) is 10.9. The van der Waals surface area contributed by atoms with E-state index in [0.717, 1.165) is 76.1 Å². The zero-order valence-electron chi connectivity index (χ0n) is 18.3. The summed E-state index contributed by atoms with van der Waals surface area (Å²) in [5, 5.41) is 0. The normalized spacial score (nSPS) is 31.0. The molecule has 4 aliphatic heterocycles. The highest BCUT2D eigenvalue weighted by atomic mass is 16.5. The van der Waals surface area contributed by atoms with E-state index in [4.69, 9.17) is 21.2 Å². The number of nitrogens with zero attached hydrogens (tertiary/aromatic N) is 4. The third-order valence-corrected chi connectivity index (χ3v) is 8.25. The Morgan fingerprint density at radius 2 is 1.81 bits per heavy atom. The molecule has 31 heavy (non-hydrogen) atoms. The smallest absolute Gasteiger partial charge is 0.228 e. The van der Waals surface area contributed by atoms with E-state index in [1.165, 1.54) is 11.1 Å². The van der Waals surface area contributed by atoms with Gasteiger partial charge in [0.05, 0.1) is 19.3 Å². The van der Waals surface area contributed by atoms with Crippen LogP contribution in [0.5, 0.6) is 0 Å². The zero-order valence-corrected chi connectivity index (χ0v) is 18.3. The van der Waals surface area contributed by atoms with Crippen molar-refractivity contribution in [3.05, 3.63) is 47.3 Å². The van der Waals surface area contributed by atoms with Crippen molar-refractivity contribution in [3.63, 3.8) is 0 Å². The molecule has 0 amide bonds. The van der Waals surface area contributed by atoms with Crippen molar-refractivity contribution < 1.29 is 4.74 Å². The minimum absolute atomic E-state index is 0.0329. The van der Waals surface area contributed by atoms with E-state index in [-0.39, 0.29) is 23.0 Å². The van der Waals surface area contributed by atoms with Gasteiger partial charge in [-0.2, -0.15) is 4.99 Å². The Morgan fingerprint density at radius 1 is 1.06 bits per heavy atom. The Hall–Kier alpha value is -2.38. The maximum Gasteiger partial charge on any atom is 0.228 e. The summed E-state index contributed by atoms with van der Waals surface area (Å²) in [5.74, 6) is 2.65. The molecule has 6 rings (SSSR count). The molecule has 1 aromatic rings. The van der Waals surface area contributed by atoms with Gasteiger partial charge in [0.2, 0.25) is 5.96 Å². The monoisotopic (exact) mass is 420 g/mol. The molecule has 3 fully saturated rings. The van der Waals surface area contributed by atoms with Crippen LogP contribution < -0.4 is 11.5 Å². The molecule has 4 heterocycles. The number of hydrogen-bond acceptors (Lipinski definition) is 7. The first kappa shape index (κ1) is 19.3. The van der Waals surface area contributed by atoms with Gasteiger partial charge in [-0.1, -0.05) is 30.3 Å². The zero-order chi connectivity index (χ0) is 21.2. The molecule has 1 spiro atoms. The lowest BCUT2D eigenvalue weighted by Gasteiger charge is -2.44. The molecule has 7 nitrogen and oxygen atoms in total. The second kappa shape index (κ2) is 6.81. The number of nitrogens with two attached hydrogens (primary N) is 2. The summed E-state index contributed by atoms with van der Waals surface area (Å²) in [5.41, 5.74) is 16.0. The largest absolute Gasteiger partial charge is 0.385 e. The van der Waals surface area contributed by atoms with E-state index >= 15 is 0 Å². The maximum atomic E-state index is 6.86. The molecule has 0 radical (unpaired) electrons. The van der Waals surface area contributed by atoms with E-state index in [1.54, 1.807) is 0 Å². The molecule has 5 aliphatic rings. The molecular weight excluding hydrogens is 388 g/mol. The standard InChI is InChI=1S/C24H32N6O/c1-16-19(25)23(15-31-16)9-12-29(13-10-23)21-18(20(26)30-14-11-27-22(30)28-21)24(7-8-24)17-5-3-2-4-6-17/h2-6,16,19H,7-15,25-26H2,1H3/t16-,19+/m0/s1. The number of fused-ring (bicyclic) bond motifs is 1. The summed E-state index contributed by atoms with van der Waals surface area (Å²) in [4.78, 5) is 14.3. The van der Waals surface area contributed by atoms with Crippen molar-refractivity contribution in [2.75, 3.05) is 32.8 Å². The number of likely N-dealkylation sites (tertiary alicyclic amines) is 1. The first-order valence-corrected chi connectivity index (χ1v) is 11.6. The van der Waals surface area contributed by atoms with Gasteiger partial charge in [0.15, 0.2) is 0 Å². The van der Waals surface area contributed by atoms with Gasteiger partial charge in [-0.15, -0.1) is 0 Å². The number of ether oxygens (including phenoxy) is 1. The van der Waals surface area contributed by atoms with Crippen LogP contribution in [0.3, 0.4) is 0 Å². The Labute approximate surface area is 183 Å². The fourth-order valence-electron chi connectivity index (χ4n) is 6.05. The molecular formula is C24H32N6O. The van der Waals surface area contributed by atoms with Crippen molar-refractivity contribution in [2.45, 2.75) is 50.2 Å². The number of piperidine rings is 1. The van der Waals surface area contributed by atoms with Crippen LogP contribution in [0.1, 0.15) is 38.2 Å². The predicted molar refractivity (Wildman–Crippen MR) is 122 cm³/mol. The van der Waals surface area contributed by atoms with Gasteiger partial charge in [0.1, 0.15) is 11.7 Å². The summed E-state index contributed by atoms with van der Waals surface area (Å²) >= 11 is 0. The van der Waals surface area contributed by atoms with Crippen molar-refractivity contribution in [2.24, 2.45) is 26.9 Å². The molecule has 1 aromatic carbocycles. The Bertz CT molecular complexity index is 971. The molecule has 4 N–H and O–H groups in total. The van der Waals surface area contributed by atoms with Gasteiger partial charge in [-0.25, -0.2) is 4.99 Å². The number of hydrogen-bond donors (Lipinski definition) is 2. The van der Waals surface area contributed by atoms with E-state index in [9.17, 15) is 0 Å². The Morgan fingerprint density at radius 3 is 2.45 bits per heavy atom. The fraction of sp³-hybridized carbons (Fsp3) is 0.583. The molecule has 2 saturated heterocycles. The maximum absolute atomic E-state index is 6.86. The van der Waals surface area contributed by atoms with Crippen molar-refractivity contribution >= 4 is 11.8 Å². The Kier molecular flexibility index (Phi) is 4.24. The molecule has 1 aliphatic carbocycles. The van der Waals surface area contributed by atoms with Gasteiger partial charge in [-0.3, -0.25) is 4.90 Å². The quantitative estimate of drug-likeness (QED) is 0.761. The Balaban J connectivity index is 1.35. The van der Waals surface area contributed by atoms with Crippen LogP contribution in [0.4, 0.5) is 0 Å². The third-order valence-electron chi connectivity index (χ3n) is 8.25. The highest BCUT2D eigenvalue weighted by Crippen LogP contribution is 2.56. The fourth-order valence-corrected chi connectivity index (χ4v) is 6.05. The number of rotatable bonds is 2. The van der Waals surface area contributed by atoms with Crippen LogP contribution in [0, 0.1) is 5.41 Å². The van der Waals surface area contributed by atoms with E-state index in [0.29, 0.717) is 0 Å². The number of benzene rings is 1. The lowest BCUT2D eigenvalue weighted by atomic mass is 9.73. The summed E-state index contributed by atoms with van der Waals surface area (Å²) in [6.07, 6.45) is 4.41. The van der Waals surface area contributed by atoms with Crippen molar-refractivity contribution in [1.29, 1.82) is 0 Å². The van der Waals surface area contributed by atoms with E-state index < -0.39 is 0 Å². The summed E-state index contributed by atoms with van der Waals surface area (Å²) in [7, 11) is 0. The number of amidine groups is 1. The SMILES string of the molecule is C[C@@H]1OCC2(CCN(C3=NC4=NCCN4C(N)=C3C3(c4ccccc4)CC3)CC2)[C@@H]1N. The first-order chi connectivity index (χ1) is 15.0. The van der Waals surface area contributed by atoms with Crippen LogP contribution in [0.2, 0.25) is 0 Å². The van der Waals surface area contributed by atoms with Crippen molar-refractivity contribution in [1.82, 2.24) is 9.80 Å². The molecule has 0 bridgehead atoms. The molecule has 0 unspecified atom stereocenters. The van der Waals surface area contributed by atoms with Crippen molar-refractivity contribution in [3.8, 4) is 0 Å².